The molecule has 2 rings (SSSR count). The van der Waals surface area contributed by atoms with Gasteiger partial charge in [-0.2, -0.15) is 0 Å². The number of nitrogens with two attached hydrogens (primary N) is 1. The zero-order valence-corrected chi connectivity index (χ0v) is 9.92. The van der Waals surface area contributed by atoms with Crippen LogP contribution in [0.1, 0.15) is 31.2 Å². The first kappa shape index (κ1) is 12.0. The molecule has 4 heteroatoms. The van der Waals surface area contributed by atoms with Crippen molar-refractivity contribution in [1.29, 1.82) is 0 Å². The van der Waals surface area contributed by atoms with E-state index in [1.165, 1.54) is 6.07 Å². The Morgan fingerprint density at radius 2 is 2.06 bits per heavy atom. The first-order chi connectivity index (χ1) is 8.01. The molecule has 1 aromatic carbocycles. The Balaban J connectivity index is 2.10. The summed E-state index contributed by atoms with van der Waals surface area (Å²) in [6, 6.07) is 4.52. The summed E-state index contributed by atoms with van der Waals surface area (Å²) in [6.45, 7) is 1.67. The second kappa shape index (κ2) is 4.45. The molecule has 1 amide bonds. The van der Waals surface area contributed by atoms with Gasteiger partial charge in [0.25, 0.3) is 0 Å². The molecule has 1 fully saturated rings. The molecule has 0 atom stereocenters. The number of halogens is 1. The van der Waals surface area contributed by atoms with E-state index in [1.807, 2.05) is 0 Å². The smallest absolute Gasteiger partial charge is 0.244 e. The van der Waals surface area contributed by atoms with Gasteiger partial charge in [0, 0.05) is 5.69 Å². The molecule has 0 heterocycles. The van der Waals surface area contributed by atoms with E-state index in [0.717, 1.165) is 25.7 Å². The van der Waals surface area contributed by atoms with Gasteiger partial charge in [0.15, 0.2) is 0 Å². The lowest BCUT2D eigenvalue weighted by molar-refractivity contribution is -0.121. The highest BCUT2D eigenvalue weighted by Gasteiger charge is 2.36. The summed E-state index contributed by atoms with van der Waals surface area (Å²) in [5.74, 6) is -0.438. The normalized spacial score (nSPS) is 18.1. The van der Waals surface area contributed by atoms with Crippen molar-refractivity contribution in [1.82, 2.24) is 0 Å². The maximum absolute atomic E-state index is 13.1. The third kappa shape index (κ3) is 2.47. The Morgan fingerprint density at radius 1 is 1.41 bits per heavy atom. The van der Waals surface area contributed by atoms with Gasteiger partial charge in [0.05, 0.1) is 5.54 Å². The summed E-state index contributed by atoms with van der Waals surface area (Å²) in [7, 11) is 0. The van der Waals surface area contributed by atoms with Crippen LogP contribution < -0.4 is 11.1 Å². The van der Waals surface area contributed by atoms with Crippen molar-refractivity contribution in [3.05, 3.63) is 29.6 Å². The number of amides is 1. The molecule has 0 unspecified atom stereocenters. The molecule has 0 saturated heterocycles. The van der Waals surface area contributed by atoms with E-state index in [-0.39, 0.29) is 11.7 Å². The van der Waals surface area contributed by atoms with E-state index < -0.39 is 5.54 Å². The molecule has 3 nitrogen and oxygen atoms in total. The Kier molecular flexibility index (Phi) is 3.15. The number of nitrogens with one attached hydrogen (secondary N) is 1. The van der Waals surface area contributed by atoms with Gasteiger partial charge in [-0.3, -0.25) is 4.79 Å². The van der Waals surface area contributed by atoms with Crippen LogP contribution in [0, 0.1) is 12.7 Å². The number of carbonyl (C=O) groups is 1. The molecule has 0 aliphatic heterocycles. The monoisotopic (exact) mass is 236 g/mol. The third-order valence-corrected chi connectivity index (χ3v) is 3.36. The number of rotatable bonds is 2. The molecule has 0 bridgehead atoms. The number of hydrogen-bond acceptors (Lipinski definition) is 2. The van der Waals surface area contributed by atoms with Gasteiger partial charge in [-0.25, -0.2) is 4.39 Å². The molecule has 17 heavy (non-hydrogen) atoms. The summed E-state index contributed by atoms with van der Waals surface area (Å²) in [4.78, 5) is 12.0. The standard InChI is InChI=1S/C13H17FN2O/c1-9-8-10(4-5-11(9)14)16-12(17)13(15)6-2-3-7-13/h4-5,8H,2-3,6-7,15H2,1H3,(H,16,17). The minimum Gasteiger partial charge on any atom is -0.324 e. The highest BCUT2D eigenvalue weighted by molar-refractivity contribution is 5.98. The van der Waals surface area contributed by atoms with Crippen LogP contribution in [0.5, 0.6) is 0 Å². The predicted octanol–water partition coefficient (Wildman–Crippen LogP) is 2.34. The molecule has 0 spiro atoms. The quantitative estimate of drug-likeness (QED) is 0.828. The maximum atomic E-state index is 13.1. The van der Waals surface area contributed by atoms with Crippen LogP contribution in [0.3, 0.4) is 0 Å². The third-order valence-electron chi connectivity index (χ3n) is 3.36. The predicted molar refractivity (Wildman–Crippen MR) is 65.2 cm³/mol. The number of hydrogen-bond donors (Lipinski definition) is 2. The number of carbonyl (C=O) groups excluding carboxylic acids is 1. The molecule has 1 aromatic rings. The van der Waals surface area contributed by atoms with Gasteiger partial charge in [-0.15, -0.1) is 0 Å². The minimum atomic E-state index is -0.748. The Bertz CT molecular complexity index is 439. The van der Waals surface area contributed by atoms with Crippen molar-refractivity contribution < 1.29 is 9.18 Å². The number of anilines is 1. The molecule has 1 saturated carbocycles. The topological polar surface area (TPSA) is 55.1 Å². The molecule has 1 aliphatic carbocycles. The van der Waals surface area contributed by atoms with Crippen molar-refractivity contribution in [3.8, 4) is 0 Å². The Morgan fingerprint density at radius 3 is 2.65 bits per heavy atom. The van der Waals surface area contributed by atoms with Crippen LogP contribution in [0.2, 0.25) is 0 Å². The van der Waals surface area contributed by atoms with Crippen molar-refractivity contribution in [2.75, 3.05) is 5.32 Å². The SMILES string of the molecule is Cc1cc(NC(=O)C2(N)CCCC2)ccc1F. The van der Waals surface area contributed by atoms with Crippen LogP contribution in [0.15, 0.2) is 18.2 Å². The Labute approximate surface area is 100 Å². The summed E-state index contributed by atoms with van der Waals surface area (Å²) in [6.07, 6.45) is 3.43. The first-order valence-corrected chi connectivity index (χ1v) is 5.88. The van der Waals surface area contributed by atoms with E-state index in [2.05, 4.69) is 5.32 Å². The van der Waals surface area contributed by atoms with Crippen LogP contribution in [0.4, 0.5) is 10.1 Å². The second-order valence-corrected chi connectivity index (χ2v) is 4.78. The molecule has 92 valence electrons. The van der Waals surface area contributed by atoms with E-state index in [4.69, 9.17) is 5.73 Å². The zero-order chi connectivity index (χ0) is 12.5. The molecule has 0 radical (unpaired) electrons. The lowest BCUT2D eigenvalue weighted by Crippen LogP contribution is -2.48. The molecule has 1 aliphatic rings. The van der Waals surface area contributed by atoms with Crippen LogP contribution in [-0.4, -0.2) is 11.4 Å². The van der Waals surface area contributed by atoms with Crippen molar-refractivity contribution in [2.24, 2.45) is 5.73 Å². The van der Waals surface area contributed by atoms with E-state index >= 15 is 0 Å². The van der Waals surface area contributed by atoms with Gasteiger partial charge >= 0.3 is 0 Å². The summed E-state index contributed by atoms with van der Waals surface area (Å²) < 4.78 is 13.1. The number of aryl methyl sites for hydroxylation is 1. The number of benzene rings is 1. The highest BCUT2D eigenvalue weighted by Crippen LogP contribution is 2.28. The maximum Gasteiger partial charge on any atom is 0.244 e. The average Bonchev–Trinajstić information content (AvgIpc) is 2.72. The minimum absolute atomic E-state index is 0.166. The fourth-order valence-electron chi connectivity index (χ4n) is 2.21. The summed E-state index contributed by atoms with van der Waals surface area (Å²) >= 11 is 0. The fourth-order valence-corrected chi connectivity index (χ4v) is 2.21. The van der Waals surface area contributed by atoms with Crippen molar-refractivity contribution >= 4 is 11.6 Å². The van der Waals surface area contributed by atoms with Crippen molar-refractivity contribution in [3.63, 3.8) is 0 Å². The first-order valence-electron chi connectivity index (χ1n) is 5.88. The van der Waals surface area contributed by atoms with Gasteiger partial charge in [-0.1, -0.05) is 12.8 Å². The van der Waals surface area contributed by atoms with Crippen LogP contribution in [-0.2, 0) is 4.79 Å². The largest absolute Gasteiger partial charge is 0.324 e. The fraction of sp³-hybridized carbons (Fsp3) is 0.462. The van der Waals surface area contributed by atoms with E-state index in [9.17, 15) is 9.18 Å². The van der Waals surface area contributed by atoms with E-state index in [1.54, 1.807) is 19.1 Å². The molecular formula is C13H17FN2O. The average molecular weight is 236 g/mol. The van der Waals surface area contributed by atoms with Crippen LogP contribution >= 0.6 is 0 Å². The lowest BCUT2D eigenvalue weighted by Gasteiger charge is -2.22. The highest BCUT2D eigenvalue weighted by atomic mass is 19.1. The second-order valence-electron chi connectivity index (χ2n) is 4.78. The lowest BCUT2D eigenvalue weighted by atomic mass is 9.98. The Hall–Kier alpha value is -1.42. The van der Waals surface area contributed by atoms with Gasteiger partial charge in [0.2, 0.25) is 5.91 Å². The van der Waals surface area contributed by atoms with Gasteiger partial charge in [-0.05, 0) is 43.5 Å². The van der Waals surface area contributed by atoms with Crippen molar-refractivity contribution in [2.45, 2.75) is 38.1 Å². The van der Waals surface area contributed by atoms with Crippen LogP contribution in [0.25, 0.3) is 0 Å². The van der Waals surface area contributed by atoms with E-state index in [0.29, 0.717) is 11.3 Å². The van der Waals surface area contributed by atoms with Gasteiger partial charge in [0.1, 0.15) is 5.82 Å². The zero-order valence-electron chi connectivity index (χ0n) is 9.92. The molecule has 3 N–H and O–H groups in total. The molecular weight excluding hydrogens is 219 g/mol. The molecule has 0 aromatic heterocycles. The van der Waals surface area contributed by atoms with Gasteiger partial charge < -0.3 is 11.1 Å². The summed E-state index contributed by atoms with van der Waals surface area (Å²) in [5, 5.41) is 2.76. The summed E-state index contributed by atoms with van der Waals surface area (Å²) in [5.41, 5.74) is 6.40.